The van der Waals surface area contributed by atoms with Crippen LogP contribution in [0.4, 0.5) is 0 Å². The van der Waals surface area contributed by atoms with E-state index in [1.54, 1.807) is 6.20 Å². The van der Waals surface area contributed by atoms with Gasteiger partial charge in [0, 0.05) is 6.54 Å². The first-order chi connectivity index (χ1) is 4.84. The molecule has 2 nitrogen and oxygen atoms in total. The molecule has 0 bridgehead atoms. The van der Waals surface area contributed by atoms with E-state index < -0.39 is 0 Å². The van der Waals surface area contributed by atoms with Gasteiger partial charge < -0.3 is 10.0 Å². The van der Waals surface area contributed by atoms with Crippen molar-refractivity contribution in [2.24, 2.45) is 0 Å². The van der Waals surface area contributed by atoms with Gasteiger partial charge in [-0.3, -0.25) is 0 Å². The van der Waals surface area contributed by atoms with Gasteiger partial charge in [0.2, 0.25) is 0 Å². The minimum absolute atomic E-state index is 0.278. The first kappa shape index (κ1) is 7.61. The van der Waals surface area contributed by atoms with E-state index >= 15 is 0 Å². The molecule has 1 heterocycles. The van der Waals surface area contributed by atoms with Crippen molar-refractivity contribution in [2.75, 3.05) is 6.54 Å². The summed E-state index contributed by atoms with van der Waals surface area (Å²) < 4.78 is 0. The molecule has 10 heavy (non-hydrogen) atoms. The first-order valence-electron chi connectivity index (χ1n) is 3.91. The maximum absolute atomic E-state index is 9.40. The first-order valence-corrected chi connectivity index (χ1v) is 3.91. The van der Waals surface area contributed by atoms with Crippen molar-refractivity contribution in [3.05, 3.63) is 12.8 Å². The molecule has 0 aromatic heterocycles. The number of hydrogen-bond acceptors (Lipinski definition) is 2. The molecule has 0 saturated carbocycles. The smallest absolute Gasteiger partial charge is 0.126 e. The van der Waals surface area contributed by atoms with E-state index in [4.69, 9.17) is 0 Å². The SMILES string of the molecule is C=CN1CCCCCC1O. The van der Waals surface area contributed by atoms with Gasteiger partial charge in [0.1, 0.15) is 6.23 Å². The zero-order chi connectivity index (χ0) is 7.40. The van der Waals surface area contributed by atoms with E-state index in [1.807, 2.05) is 4.90 Å². The topological polar surface area (TPSA) is 23.5 Å². The van der Waals surface area contributed by atoms with Crippen LogP contribution in [-0.2, 0) is 0 Å². The highest BCUT2D eigenvalue weighted by atomic mass is 16.3. The van der Waals surface area contributed by atoms with Crippen LogP contribution < -0.4 is 0 Å². The normalized spacial score (nSPS) is 27.7. The van der Waals surface area contributed by atoms with Gasteiger partial charge in [-0.1, -0.05) is 13.0 Å². The van der Waals surface area contributed by atoms with Crippen molar-refractivity contribution >= 4 is 0 Å². The van der Waals surface area contributed by atoms with E-state index in [9.17, 15) is 5.11 Å². The number of rotatable bonds is 1. The van der Waals surface area contributed by atoms with Gasteiger partial charge >= 0.3 is 0 Å². The predicted molar refractivity (Wildman–Crippen MR) is 41.4 cm³/mol. The molecular formula is C8H15NO. The van der Waals surface area contributed by atoms with Crippen LogP contribution >= 0.6 is 0 Å². The Morgan fingerprint density at radius 2 is 2.20 bits per heavy atom. The van der Waals surface area contributed by atoms with Crippen molar-refractivity contribution in [1.82, 2.24) is 4.90 Å². The average Bonchev–Trinajstić information content (AvgIpc) is 2.13. The minimum Gasteiger partial charge on any atom is -0.374 e. The van der Waals surface area contributed by atoms with Crippen LogP contribution in [0, 0.1) is 0 Å². The molecule has 1 rings (SSSR count). The third kappa shape index (κ3) is 1.74. The molecule has 0 radical (unpaired) electrons. The quantitative estimate of drug-likeness (QED) is 0.595. The second-order valence-electron chi connectivity index (χ2n) is 2.75. The molecule has 0 aliphatic carbocycles. The van der Waals surface area contributed by atoms with E-state index in [0.29, 0.717) is 0 Å². The van der Waals surface area contributed by atoms with Gasteiger partial charge in [0.25, 0.3) is 0 Å². The van der Waals surface area contributed by atoms with Crippen LogP contribution in [0.2, 0.25) is 0 Å². The zero-order valence-corrected chi connectivity index (χ0v) is 6.29. The number of aliphatic hydroxyl groups excluding tert-OH is 1. The Bertz CT molecular complexity index is 114. The number of likely N-dealkylation sites (tertiary alicyclic amines) is 1. The Morgan fingerprint density at radius 3 is 2.90 bits per heavy atom. The fraction of sp³-hybridized carbons (Fsp3) is 0.750. The maximum atomic E-state index is 9.40. The number of hydrogen-bond donors (Lipinski definition) is 1. The molecule has 1 unspecified atom stereocenters. The van der Waals surface area contributed by atoms with Gasteiger partial charge in [-0.2, -0.15) is 0 Å². The van der Waals surface area contributed by atoms with E-state index in [0.717, 1.165) is 19.4 Å². The molecule has 0 amide bonds. The van der Waals surface area contributed by atoms with Crippen LogP contribution in [0.5, 0.6) is 0 Å². The molecule has 1 atom stereocenters. The van der Waals surface area contributed by atoms with Gasteiger partial charge in [-0.05, 0) is 25.5 Å². The Balaban J connectivity index is 2.43. The molecule has 1 N–H and O–H groups in total. The fourth-order valence-corrected chi connectivity index (χ4v) is 1.33. The highest BCUT2D eigenvalue weighted by Gasteiger charge is 2.13. The van der Waals surface area contributed by atoms with Crippen molar-refractivity contribution < 1.29 is 5.11 Å². The summed E-state index contributed by atoms with van der Waals surface area (Å²) in [6.45, 7) is 4.61. The second-order valence-corrected chi connectivity index (χ2v) is 2.75. The van der Waals surface area contributed by atoms with Crippen molar-refractivity contribution in [1.29, 1.82) is 0 Å². The third-order valence-corrected chi connectivity index (χ3v) is 2.00. The maximum Gasteiger partial charge on any atom is 0.126 e. The minimum atomic E-state index is -0.278. The molecule has 0 spiro atoms. The van der Waals surface area contributed by atoms with Crippen molar-refractivity contribution in [3.8, 4) is 0 Å². The lowest BCUT2D eigenvalue weighted by Gasteiger charge is -2.22. The van der Waals surface area contributed by atoms with Gasteiger partial charge in [0.05, 0.1) is 0 Å². The summed E-state index contributed by atoms with van der Waals surface area (Å²) in [7, 11) is 0. The van der Waals surface area contributed by atoms with Crippen LogP contribution in [0.25, 0.3) is 0 Å². The van der Waals surface area contributed by atoms with Gasteiger partial charge in [-0.25, -0.2) is 0 Å². The van der Waals surface area contributed by atoms with Crippen molar-refractivity contribution in [3.63, 3.8) is 0 Å². The summed E-state index contributed by atoms with van der Waals surface area (Å²) in [6, 6.07) is 0. The lowest BCUT2D eigenvalue weighted by atomic mass is 10.2. The summed E-state index contributed by atoms with van der Waals surface area (Å²) in [5, 5.41) is 9.40. The molecule has 1 fully saturated rings. The van der Waals surface area contributed by atoms with E-state index in [2.05, 4.69) is 6.58 Å². The fourth-order valence-electron chi connectivity index (χ4n) is 1.33. The summed E-state index contributed by atoms with van der Waals surface area (Å²) in [6.07, 6.45) is 5.91. The number of aliphatic hydroxyl groups is 1. The van der Waals surface area contributed by atoms with Crippen LogP contribution in [0.3, 0.4) is 0 Å². The molecule has 0 aromatic rings. The van der Waals surface area contributed by atoms with E-state index in [1.165, 1.54) is 12.8 Å². The zero-order valence-electron chi connectivity index (χ0n) is 6.29. The van der Waals surface area contributed by atoms with Gasteiger partial charge in [-0.15, -0.1) is 0 Å². The number of nitrogens with zero attached hydrogens (tertiary/aromatic N) is 1. The Kier molecular flexibility index (Phi) is 2.75. The highest BCUT2D eigenvalue weighted by Crippen LogP contribution is 2.14. The lowest BCUT2D eigenvalue weighted by Crippen LogP contribution is -2.29. The standard InChI is InChI=1S/C8H15NO/c1-2-9-7-5-3-4-6-8(9)10/h2,8,10H,1,3-7H2. The third-order valence-electron chi connectivity index (χ3n) is 2.00. The molecule has 0 aromatic carbocycles. The van der Waals surface area contributed by atoms with Crippen LogP contribution in [0.1, 0.15) is 25.7 Å². The largest absolute Gasteiger partial charge is 0.374 e. The summed E-state index contributed by atoms with van der Waals surface area (Å²) in [4.78, 5) is 1.91. The Morgan fingerprint density at radius 1 is 1.40 bits per heavy atom. The van der Waals surface area contributed by atoms with Crippen LogP contribution in [-0.4, -0.2) is 22.8 Å². The highest BCUT2D eigenvalue weighted by molar-refractivity contribution is 4.75. The molecule has 1 aliphatic rings. The molecule has 2 heteroatoms. The average molecular weight is 141 g/mol. The summed E-state index contributed by atoms with van der Waals surface area (Å²) in [5.41, 5.74) is 0. The predicted octanol–water partition coefficient (Wildman–Crippen LogP) is 1.32. The Hall–Kier alpha value is -0.500. The molecule has 1 aliphatic heterocycles. The molecule has 1 saturated heterocycles. The van der Waals surface area contributed by atoms with Gasteiger partial charge in [0.15, 0.2) is 0 Å². The molecule has 58 valence electrons. The van der Waals surface area contributed by atoms with Crippen LogP contribution in [0.15, 0.2) is 12.8 Å². The molecular weight excluding hydrogens is 126 g/mol. The van der Waals surface area contributed by atoms with E-state index in [-0.39, 0.29) is 6.23 Å². The lowest BCUT2D eigenvalue weighted by molar-refractivity contribution is 0.0384. The second kappa shape index (κ2) is 3.62. The Labute approximate surface area is 62.2 Å². The van der Waals surface area contributed by atoms with Crippen molar-refractivity contribution in [2.45, 2.75) is 31.9 Å². The summed E-state index contributed by atoms with van der Waals surface area (Å²) >= 11 is 0. The monoisotopic (exact) mass is 141 g/mol. The summed E-state index contributed by atoms with van der Waals surface area (Å²) in [5.74, 6) is 0.